The molecule has 0 amide bonds. The average molecular weight is 210 g/mol. The minimum absolute atomic E-state index is 0.802. The van der Waals surface area contributed by atoms with Gasteiger partial charge in [-0.1, -0.05) is 19.9 Å². The van der Waals surface area contributed by atoms with E-state index in [0.717, 1.165) is 17.5 Å². The summed E-state index contributed by atoms with van der Waals surface area (Å²) in [5.74, 6) is 0.802. The van der Waals surface area contributed by atoms with Crippen molar-refractivity contribution in [3.05, 3.63) is 24.4 Å². The predicted molar refractivity (Wildman–Crippen MR) is 62.2 cm³/mol. The number of hydrogen-bond donors (Lipinski definition) is 1. The van der Waals surface area contributed by atoms with E-state index in [2.05, 4.69) is 23.6 Å². The minimum atomic E-state index is 0.802. The first-order valence-corrected chi connectivity index (χ1v) is 5.91. The lowest BCUT2D eigenvalue weighted by atomic mass is 10.1. The fraction of sp³-hybridized carbons (Fsp3) is 0.545. The second-order valence-corrected chi connectivity index (χ2v) is 4.61. The highest BCUT2D eigenvalue weighted by atomic mass is 32.2. The third-order valence-electron chi connectivity index (χ3n) is 1.87. The maximum Gasteiger partial charge on any atom is 0.111 e. The molecule has 2 nitrogen and oxygen atoms in total. The van der Waals surface area contributed by atoms with E-state index in [-0.39, 0.29) is 0 Å². The Morgan fingerprint density at radius 3 is 2.93 bits per heavy atom. The van der Waals surface area contributed by atoms with E-state index in [4.69, 9.17) is 0 Å². The summed E-state index contributed by atoms with van der Waals surface area (Å²) in [5.41, 5.74) is 0. The molecule has 0 spiro atoms. The molecule has 0 aliphatic rings. The van der Waals surface area contributed by atoms with Gasteiger partial charge in [0.25, 0.3) is 0 Å². The summed E-state index contributed by atoms with van der Waals surface area (Å²) in [6.45, 7) is 5.57. The number of pyridine rings is 1. The predicted octanol–water partition coefficient (Wildman–Crippen LogP) is 3.11. The first-order chi connectivity index (χ1) is 6.79. The minimum Gasteiger partial charge on any atom is -0.259 e. The van der Waals surface area contributed by atoms with Crippen molar-refractivity contribution < 1.29 is 0 Å². The van der Waals surface area contributed by atoms with Crippen LogP contribution in [-0.4, -0.2) is 11.5 Å². The molecular formula is C11H18N2S. The summed E-state index contributed by atoms with van der Waals surface area (Å²) in [6, 6.07) is 5.95. The molecule has 0 aromatic carbocycles. The second kappa shape index (κ2) is 6.85. The first-order valence-electron chi connectivity index (χ1n) is 5.10. The van der Waals surface area contributed by atoms with E-state index in [0.29, 0.717) is 0 Å². The lowest BCUT2D eigenvalue weighted by Crippen LogP contribution is -2.06. The molecule has 1 heterocycles. The summed E-state index contributed by atoms with van der Waals surface area (Å²) in [4.78, 5) is 4.21. The maximum absolute atomic E-state index is 4.21. The van der Waals surface area contributed by atoms with Crippen LogP contribution in [0.1, 0.15) is 26.7 Å². The van der Waals surface area contributed by atoms with Crippen LogP contribution in [0.5, 0.6) is 0 Å². The highest BCUT2D eigenvalue weighted by molar-refractivity contribution is 7.97. The molecule has 0 unspecified atom stereocenters. The van der Waals surface area contributed by atoms with E-state index >= 15 is 0 Å². The molecular weight excluding hydrogens is 192 g/mol. The molecule has 0 saturated heterocycles. The second-order valence-electron chi connectivity index (χ2n) is 3.70. The Morgan fingerprint density at radius 2 is 2.29 bits per heavy atom. The Labute approximate surface area is 90.6 Å². The van der Waals surface area contributed by atoms with Gasteiger partial charge in [0, 0.05) is 12.7 Å². The van der Waals surface area contributed by atoms with Crippen LogP contribution in [-0.2, 0) is 0 Å². The van der Waals surface area contributed by atoms with Crippen molar-refractivity contribution in [3.63, 3.8) is 0 Å². The molecule has 1 N–H and O–H groups in total. The van der Waals surface area contributed by atoms with Crippen molar-refractivity contribution in [2.24, 2.45) is 5.92 Å². The third kappa shape index (κ3) is 5.25. The van der Waals surface area contributed by atoms with E-state index in [1.54, 1.807) is 11.9 Å². The van der Waals surface area contributed by atoms with E-state index in [9.17, 15) is 0 Å². The average Bonchev–Trinajstić information content (AvgIpc) is 2.18. The largest absolute Gasteiger partial charge is 0.259 e. The Kier molecular flexibility index (Phi) is 5.64. The van der Waals surface area contributed by atoms with Gasteiger partial charge in [0.1, 0.15) is 5.03 Å². The summed E-state index contributed by atoms with van der Waals surface area (Å²) in [6.07, 6.45) is 4.34. The monoisotopic (exact) mass is 210 g/mol. The van der Waals surface area contributed by atoms with Gasteiger partial charge in [-0.3, -0.25) is 4.72 Å². The van der Waals surface area contributed by atoms with Gasteiger partial charge in [-0.05, 0) is 42.8 Å². The van der Waals surface area contributed by atoms with Gasteiger partial charge in [0.2, 0.25) is 0 Å². The molecule has 0 saturated carbocycles. The Hall–Kier alpha value is -0.540. The van der Waals surface area contributed by atoms with Gasteiger partial charge in [0.15, 0.2) is 0 Å². The molecule has 1 aromatic heterocycles. The zero-order valence-electron chi connectivity index (χ0n) is 8.86. The van der Waals surface area contributed by atoms with Gasteiger partial charge < -0.3 is 0 Å². The summed E-state index contributed by atoms with van der Waals surface area (Å²) in [7, 11) is 0. The first kappa shape index (κ1) is 11.5. The quantitative estimate of drug-likeness (QED) is 0.577. The molecule has 0 aliphatic carbocycles. The zero-order chi connectivity index (χ0) is 10.2. The van der Waals surface area contributed by atoms with Crippen LogP contribution >= 0.6 is 11.9 Å². The van der Waals surface area contributed by atoms with Crippen molar-refractivity contribution in [2.75, 3.05) is 6.54 Å². The summed E-state index contributed by atoms with van der Waals surface area (Å²) >= 11 is 1.61. The fourth-order valence-corrected chi connectivity index (χ4v) is 1.77. The maximum atomic E-state index is 4.21. The van der Waals surface area contributed by atoms with Crippen LogP contribution in [0, 0.1) is 5.92 Å². The van der Waals surface area contributed by atoms with Crippen molar-refractivity contribution in [3.8, 4) is 0 Å². The number of nitrogens with one attached hydrogen (secondary N) is 1. The van der Waals surface area contributed by atoms with Gasteiger partial charge in [-0.2, -0.15) is 0 Å². The van der Waals surface area contributed by atoms with Gasteiger partial charge in [0.05, 0.1) is 0 Å². The molecule has 0 atom stereocenters. The van der Waals surface area contributed by atoms with E-state index in [1.807, 2.05) is 24.4 Å². The zero-order valence-corrected chi connectivity index (χ0v) is 9.68. The number of hydrogen-bond acceptors (Lipinski definition) is 3. The number of rotatable bonds is 6. The smallest absolute Gasteiger partial charge is 0.111 e. The van der Waals surface area contributed by atoms with Gasteiger partial charge in [-0.25, -0.2) is 4.98 Å². The summed E-state index contributed by atoms with van der Waals surface area (Å²) < 4.78 is 3.31. The van der Waals surface area contributed by atoms with Crippen molar-refractivity contribution in [2.45, 2.75) is 31.7 Å². The van der Waals surface area contributed by atoms with Gasteiger partial charge in [-0.15, -0.1) is 0 Å². The van der Waals surface area contributed by atoms with E-state index in [1.165, 1.54) is 12.8 Å². The Bertz CT molecular complexity index is 236. The van der Waals surface area contributed by atoms with E-state index < -0.39 is 0 Å². The Balaban J connectivity index is 2.05. The molecule has 0 radical (unpaired) electrons. The number of aromatic nitrogens is 1. The molecule has 0 aliphatic heterocycles. The molecule has 1 aromatic rings. The van der Waals surface area contributed by atoms with Crippen LogP contribution in [0.3, 0.4) is 0 Å². The molecule has 0 fully saturated rings. The van der Waals surface area contributed by atoms with Crippen LogP contribution in [0.25, 0.3) is 0 Å². The van der Waals surface area contributed by atoms with Crippen LogP contribution in [0.2, 0.25) is 0 Å². The molecule has 14 heavy (non-hydrogen) atoms. The third-order valence-corrected chi connectivity index (χ3v) is 2.67. The fourth-order valence-electron chi connectivity index (χ4n) is 1.11. The van der Waals surface area contributed by atoms with Crippen LogP contribution < -0.4 is 4.72 Å². The topological polar surface area (TPSA) is 24.9 Å². The standard InChI is InChI=1S/C11H18N2S/c1-10(2)6-5-9-13-14-11-7-3-4-8-12-11/h3-4,7-8,10,13H,5-6,9H2,1-2H3. The normalized spacial score (nSPS) is 10.8. The number of nitrogens with zero attached hydrogens (tertiary/aromatic N) is 1. The lowest BCUT2D eigenvalue weighted by molar-refractivity contribution is 0.555. The highest BCUT2D eigenvalue weighted by Crippen LogP contribution is 2.10. The summed E-state index contributed by atoms with van der Waals surface area (Å²) in [5, 5.41) is 1.04. The van der Waals surface area contributed by atoms with Crippen LogP contribution in [0.15, 0.2) is 29.4 Å². The lowest BCUT2D eigenvalue weighted by Gasteiger charge is -2.05. The molecule has 0 bridgehead atoms. The van der Waals surface area contributed by atoms with Crippen molar-refractivity contribution >= 4 is 11.9 Å². The molecule has 78 valence electrons. The Morgan fingerprint density at radius 1 is 1.43 bits per heavy atom. The highest BCUT2D eigenvalue weighted by Gasteiger charge is 1.95. The van der Waals surface area contributed by atoms with Gasteiger partial charge >= 0.3 is 0 Å². The molecule has 3 heteroatoms. The van der Waals surface area contributed by atoms with Crippen molar-refractivity contribution in [1.29, 1.82) is 0 Å². The van der Waals surface area contributed by atoms with Crippen LogP contribution in [0.4, 0.5) is 0 Å². The SMILES string of the molecule is CC(C)CCCNSc1ccccn1. The van der Waals surface area contributed by atoms with Crippen molar-refractivity contribution in [1.82, 2.24) is 9.71 Å². The molecule has 1 rings (SSSR count).